The summed E-state index contributed by atoms with van der Waals surface area (Å²) in [5.74, 6) is 0.932. The lowest BCUT2D eigenvalue weighted by molar-refractivity contribution is 0.319. The Kier molecular flexibility index (Phi) is 5.20. The molecule has 0 unspecified atom stereocenters. The zero-order chi connectivity index (χ0) is 15.6. The molecule has 0 spiro atoms. The summed E-state index contributed by atoms with van der Waals surface area (Å²) in [5, 5.41) is 0. The predicted molar refractivity (Wildman–Crippen MR) is 90.7 cm³/mol. The molecule has 0 heterocycles. The van der Waals surface area contributed by atoms with Crippen LogP contribution in [0.5, 0.6) is 5.75 Å². The smallest absolute Gasteiger partial charge is 0.123 e. The van der Waals surface area contributed by atoms with Gasteiger partial charge in [-0.15, -0.1) is 0 Å². The van der Waals surface area contributed by atoms with Crippen LogP contribution in [-0.2, 0) is 10.8 Å². The molecule has 2 N–H and O–H groups in total. The van der Waals surface area contributed by atoms with Gasteiger partial charge in [-0.05, 0) is 28.0 Å². The van der Waals surface area contributed by atoms with Gasteiger partial charge in [0.05, 0.1) is 11.6 Å². The Morgan fingerprint density at radius 2 is 1.70 bits per heavy atom. The minimum absolute atomic E-state index is 0.0415. The molecular weight excluding hydrogens is 266 g/mol. The molecule has 112 valence electrons. The lowest BCUT2D eigenvalue weighted by Gasteiger charge is -2.27. The van der Waals surface area contributed by atoms with Gasteiger partial charge in [-0.3, -0.25) is 0 Å². The summed E-state index contributed by atoms with van der Waals surface area (Å²) in [6, 6.07) is 6.47. The van der Waals surface area contributed by atoms with Gasteiger partial charge in [0.1, 0.15) is 5.75 Å². The number of rotatable bonds is 4. The molecule has 0 fully saturated rings. The monoisotopic (exact) mass is 293 g/mol. The van der Waals surface area contributed by atoms with Crippen LogP contribution in [0, 0.1) is 0 Å². The highest BCUT2D eigenvalue weighted by Crippen LogP contribution is 2.35. The van der Waals surface area contributed by atoms with Crippen molar-refractivity contribution in [2.75, 3.05) is 6.61 Å². The average Bonchev–Trinajstić information content (AvgIpc) is 2.25. The van der Waals surface area contributed by atoms with Gasteiger partial charge in [0.25, 0.3) is 0 Å². The third-order valence-corrected chi connectivity index (χ3v) is 3.46. The van der Waals surface area contributed by atoms with E-state index in [9.17, 15) is 0 Å². The number of thiocarbonyl (C=S) groups is 1. The largest absolute Gasteiger partial charge is 0.493 e. The second-order valence-electron chi connectivity index (χ2n) is 7.28. The van der Waals surface area contributed by atoms with Crippen LogP contribution in [0.4, 0.5) is 0 Å². The molecule has 1 aromatic carbocycles. The molecule has 3 heteroatoms. The Bertz CT molecular complexity index is 481. The Labute approximate surface area is 128 Å². The van der Waals surface area contributed by atoms with Gasteiger partial charge in [0, 0.05) is 6.42 Å². The summed E-state index contributed by atoms with van der Waals surface area (Å²) < 4.78 is 5.87. The van der Waals surface area contributed by atoms with Crippen LogP contribution < -0.4 is 10.5 Å². The third kappa shape index (κ3) is 4.78. The molecule has 0 aliphatic heterocycles. The zero-order valence-corrected chi connectivity index (χ0v) is 14.4. The quantitative estimate of drug-likeness (QED) is 0.839. The molecule has 20 heavy (non-hydrogen) atoms. The summed E-state index contributed by atoms with van der Waals surface area (Å²) in [4.78, 5) is 0.494. The van der Waals surface area contributed by atoms with Crippen LogP contribution in [0.3, 0.4) is 0 Å². The first-order valence-corrected chi connectivity index (χ1v) is 7.49. The van der Waals surface area contributed by atoms with E-state index < -0.39 is 0 Å². The van der Waals surface area contributed by atoms with E-state index in [-0.39, 0.29) is 10.8 Å². The second kappa shape index (κ2) is 6.13. The van der Waals surface area contributed by atoms with Gasteiger partial charge in [-0.2, -0.15) is 0 Å². The van der Waals surface area contributed by atoms with E-state index in [0.29, 0.717) is 18.0 Å². The van der Waals surface area contributed by atoms with Gasteiger partial charge >= 0.3 is 0 Å². The van der Waals surface area contributed by atoms with Crippen molar-refractivity contribution in [3.8, 4) is 5.75 Å². The molecule has 0 saturated heterocycles. The van der Waals surface area contributed by atoms with E-state index in [4.69, 9.17) is 22.7 Å². The molecule has 0 atom stereocenters. The summed E-state index contributed by atoms with van der Waals surface area (Å²) in [7, 11) is 0. The van der Waals surface area contributed by atoms with Crippen LogP contribution in [0.15, 0.2) is 18.2 Å². The van der Waals surface area contributed by atoms with Crippen molar-refractivity contribution in [3.63, 3.8) is 0 Å². The maximum Gasteiger partial charge on any atom is 0.123 e. The van der Waals surface area contributed by atoms with Crippen molar-refractivity contribution < 1.29 is 4.74 Å². The maximum absolute atomic E-state index is 5.87. The van der Waals surface area contributed by atoms with Crippen molar-refractivity contribution in [2.24, 2.45) is 5.73 Å². The normalized spacial score (nSPS) is 12.3. The molecule has 0 bridgehead atoms. The third-order valence-electron chi connectivity index (χ3n) is 3.26. The standard InChI is InChI=1S/C17H27NOS/c1-16(2,3)12-7-8-14(19-10-9-15(18)20)13(11-12)17(4,5)6/h7-8,11H,9-10H2,1-6H3,(H2,18,20). The average molecular weight is 293 g/mol. The molecule has 0 radical (unpaired) electrons. The van der Waals surface area contributed by atoms with Crippen molar-refractivity contribution in [1.29, 1.82) is 0 Å². The molecule has 0 aromatic heterocycles. The number of hydrogen-bond donors (Lipinski definition) is 1. The number of nitrogens with two attached hydrogens (primary N) is 1. The minimum Gasteiger partial charge on any atom is -0.493 e. The highest BCUT2D eigenvalue weighted by Gasteiger charge is 2.22. The van der Waals surface area contributed by atoms with Crippen LogP contribution in [0.1, 0.15) is 59.1 Å². The molecule has 1 aromatic rings. The molecule has 0 aliphatic carbocycles. The molecular formula is C17H27NOS. The Morgan fingerprint density at radius 1 is 1.10 bits per heavy atom. The molecule has 0 aliphatic rings. The summed E-state index contributed by atoms with van der Waals surface area (Å²) in [6.07, 6.45) is 0.611. The minimum atomic E-state index is 0.0415. The van der Waals surface area contributed by atoms with E-state index in [2.05, 4.69) is 59.7 Å². The van der Waals surface area contributed by atoms with Gasteiger partial charge in [0.15, 0.2) is 0 Å². The fourth-order valence-electron chi connectivity index (χ4n) is 1.97. The van der Waals surface area contributed by atoms with E-state index in [1.807, 2.05) is 0 Å². The van der Waals surface area contributed by atoms with Crippen LogP contribution in [0.25, 0.3) is 0 Å². The first-order chi connectivity index (χ1) is 9.01. The first-order valence-electron chi connectivity index (χ1n) is 7.08. The zero-order valence-electron chi connectivity index (χ0n) is 13.5. The molecule has 0 saturated carbocycles. The fourth-order valence-corrected chi connectivity index (χ4v) is 2.05. The van der Waals surface area contributed by atoms with E-state index >= 15 is 0 Å². The van der Waals surface area contributed by atoms with Gasteiger partial charge in [-0.1, -0.05) is 65.9 Å². The number of hydrogen-bond acceptors (Lipinski definition) is 2. The summed E-state index contributed by atoms with van der Waals surface area (Å²) in [6.45, 7) is 13.8. The Balaban J connectivity index is 3.08. The molecule has 0 amide bonds. The highest BCUT2D eigenvalue weighted by molar-refractivity contribution is 7.80. The number of ether oxygens (including phenoxy) is 1. The van der Waals surface area contributed by atoms with Crippen LogP contribution >= 0.6 is 12.2 Å². The van der Waals surface area contributed by atoms with Gasteiger partial charge in [0.2, 0.25) is 0 Å². The topological polar surface area (TPSA) is 35.2 Å². The predicted octanol–water partition coefficient (Wildman–Crippen LogP) is 4.34. The summed E-state index contributed by atoms with van der Waals surface area (Å²) >= 11 is 4.88. The van der Waals surface area contributed by atoms with Crippen molar-refractivity contribution in [3.05, 3.63) is 29.3 Å². The van der Waals surface area contributed by atoms with E-state index in [1.165, 1.54) is 11.1 Å². The van der Waals surface area contributed by atoms with Crippen LogP contribution in [0.2, 0.25) is 0 Å². The second-order valence-corrected chi connectivity index (χ2v) is 7.80. The van der Waals surface area contributed by atoms with Crippen LogP contribution in [-0.4, -0.2) is 11.6 Å². The highest BCUT2D eigenvalue weighted by atomic mass is 32.1. The first kappa shape index (κ1) is 17.0. The fraction of sp³-hybridized carbons (Fsp3) is 0.588. The summed E-state index contributed by atoms with van der Waals surface area (Å²) in [5.41, 5.74) is 8.24. The van der Waals surface area contributed by atoms with Crippen molar-refractivity contribution in [2.45, 2.75) is 58.8 Å². The van der Waals surface area contributed by atoms with Gasteiger partial charge in [-0.25, -0.2) is 0 Å². The molecule has 1 rings (SSSR count). The Hall–Kier alpha value is -1.09. The van der Waals surface area contributed by atoms with E-state index in [0.717, 1.165) is 5.75 Å². The van der Waals surface area contributed by atoms with E-state index in [1.54, 1.807) is 0 Å². The van der Waals surface area contributed by atoms with Gasteiger partial charge < -0.3 is 10.5 Å². The Morgan fingerprint density at radius 3 is 2.15 bits per heavy atom. The van der Waals surface area contributed by atoms with Crippen molar-refractivity contribution in [1.82, 2.24) is 0 Å². The lowest BCUT2D eigenvalue weighted by Crippen LogP contribution is -2.19. The maximum atomic E-state index is 5.87. The number of benzene rings is 1. The van der Waals surface area contributed by atoms with Crippen molar-refractivity contribution >= 4 is 17.2 Å². The SMILES string of the molecule is CC(C)(C)c1ccc(OCCC(N)=S)c(C(C)(C)C)c1. The lowest BCUT2D eigenvalue weighted by atomic mass is 9.80. The molecule has 2 nitrogen and oxygen atoms in total.